The van der Waals surface area contributed by atoms with Crippen LogP contribution in [0.3, 0.4) is 0 Å². The van der Waals surface area contributed by atoms with Gasteiger partial charge in [-0.2, -0.15) is 0 Å². The number of ether oxygens (including phenoxy) is 1. The maximum Gasteiger partial charge on any atom is 0.118 e. The van der Waals surface area contributed by atoms with Crippen molar-refractivity contribution in [3.8, 4) is 5.75 Å². The number of anilines is 1. The Morgan fingerprint density at radius 1 is 1.05 bits per heavy atom. The van der Waals surface area contributed by atoms with E-state index in [2.05, 4.69) is 34.6 Å². The van der Waals surface area contributed by atoms with Crippen LogP contribution in [-0.2, 0) is 6.42 Å². The minimum atomic E-state index is 0.881. The van der Waals surface area contributed by atoms with Crippen molar-refractivity contribution in [3.63, 3.8) is 0 Å². The molecule has 2 aromatic carbocycles. The topological polar surface area (TPSA) is 34.1 Å². The van der Waals surface area contributed by atoms with E-state index in [1.807, 2.05) is 36.5 Å². The van der Waals surface area contributed by atoms with Crippen molar-refractivity contribution in [3.05, 3.63) is 66.4 Å². The summed E-state index contributed by atoms with van der Waals surface area (Å²) >= 11 is 0. The largest absolute Gasteiger partial charge is 0.497 e. The number of para-hydroxylation sites is 1. The summed E-state index contributed by atoms with van der Waals surface area (Å²) in [5, 5.41) is 4.58. The fraction of sp³-hybridized carbons (Fsp3) is 0.167. The SMILES string of the molecule is COc1ccc(CCNc2cnc3ccccc3c2)cc1. The van der Waals surface area contributed by atoms with Crippen molar-refractivity contribution in [2.24, 2.45) is 0 Å². The van der Waals surface area contributed by atoms with Gasteiger partial charge in [-0.25, -0.2) is 0 Å². The number of hydrogen-bond acceptors (Lipinski definition) is 3. The molecule has 1 N–H and O–H groups in total. The first-order valence-corrected chi connectivity index (χ1v) is 7.07. The lowest BCUT2D eigenvalue weighted by Crippen LogP contribution is -2.05. The molecule has 3 rings (SSSR count). The number of pyridine rings is 1. The van der Waals surface area contributed by atoms with Crippen LogP contribution in [0.2, 0.25) is 0 Å². The normalized spacial score (nSPS) is 10.5. The fourth-order valence-electron chi connectivity index (χ4n) is 2.31. The van der Waals surface area contributed by atoms with Gasteiger partial charge in [0.2, 0.25) is 0 Å². The second-order valence-corrected chi connectivity index (χ2v) is 4.94. The molecule has 1 heterocycles. The summed E-state index contributed by atoms with van der Waals surface area (Å²) in [4.78, 5) is 4.45. The number of nitrogens with one attached hydrogen (secondary N) is 1. The second-order valence-electron chi connectivity index (χ2n) is 4.94. The van der Waals surface area contributed by atoms with Crippen LogP contribution in [0.25, 0.3) is 10.9 Å². The molecule has 0 aliphatic heterocycles. The molecular formula is C18H18N2O. The highest BCUT2D eigenvalue weighted by molar-refractivity contribution is 5.81. The highest BCUT2D eigenvalue weighted by Crippen LogP contribution is 2.16. The van der Waals surface area contributed by atoms with Crippen LogP contribution < -0.4 is 10.1 Å². The average Bonchev–Trinajstić information content (AvgIpc) is 2.55. The third-order valence-corrected chi connectivity index (χ3v) is 3.49. The maximum absolute atomic E-state index is 5.16. The van der Waals surface area contributed by atoms with Crippen molar-refractivity contribution in [1.82, 2.24) is 4.98 Å². The zero-order valence-electron chi connectivity index (χ0n) is 12.0. The van der Waals surface area contributed by atoms with Crippen molar-refractivity contribution in [1.29, 1.82) is 0 Å². The van der Waals surface area contributed by atoms with Crippen LogP contribution in [0.5, 0.6) is 5.75 Å². The quantitative estimate of drug-likeness (QED) is 0.768. The van der Waals surface area contributed by atoms with Gasteiger partial charge in [0.05, 0.1) is 24.5 Å². The molecule has 0 aliphatic rings. The summed E-state index contributed by atoms with van der Waals surface area (Å²) in [6, 6.07) is 18.5. The van der Waals surface area contributed by atoms with Gasteiger partial charge in [0.15, 0.2) is 0 Å². The first-order chi connectivity index (χ1) is 10.3. The van der Waals surface area contributed by atoms with Crippen LogP contribution in [0.4, 0.5) is 5.69 Å². The van der Waals surface area contributed by atoms with E-state index in [1.165, 1.54) is 5.56 Å². The standard InChI is InChI=1S/C18H18N2O/c1-21-17-8-6-14(7-9-17)10-11-19-16-12-15-4-2-3-5-18(15)20-13-16/h2-9,12-13,19H,10-11H2,1H3. The number of rotatable bonds is 5. The minimum absolute atomic E-state index is 0.881. The molecule has 0 unspecified atom stereocenters. The predicted molar refractivity (Wildman–Crippen MR) is 86.9 cm³/mol. The highest BCUT2D eigenvalue weighted by Gasteiger charge is 1.98. The zero-order chi connectivity index (χ0) is 14.5. The molecule has 21 heavy (non-hydrogen) atoms. The lowest BCUT2D eigenvalue weighted by atomic mass is 10.1. The Hall–Kier alpha value is -2.55. The number of fused-ring (bicyclic) bond motifs is 1. The van der Waals surface area contributed by atoms with Gasteiger partial charge < -0.3 is 10.1 Å². The molecule has 106 valence electrons. The Balaban J connectivity index is 1.60. The number of methoxy groups -OCH3 is 1. The first kappa shape index (κ1) is 13.4. The Morgan fingerprint density at radius 3 is 2.67 bits per heavy atom. The Morgan fingerprint density at radius 2 is 1.86 bits per heavy atom. The molecule has 3 nitrogen and oxygen atoms in total. The van der Waals surface area contributed by atoms with E-state index in [9.17, 15) is 0 Å². The van der Waals surface area contributed by atoms with Crippen LogP contribution in [0.1, 0.15) is 5.56 Å². The third-order valence-electron chi connectivity index (χ3n) is 3.49. The van der Waals surface area contributed by atoms with Gasteiger partial charge in [0, 0.05) is 11.9 Å². The first-order valence-electron chi connectivity index (χ1n) is 7.07. The van der Waals surface area contributed by atoms with Gasteiger partial charge >= 0.3 is 0 Å². The van der Waals surface area contributed by atoms with Crippen molar-refractivity contribution in [2.45, 2.75) is 6.42 Å². The molecule has 0 bridgehead atoms. The second kappa shape index (κ2) is 6.27. The summed E-state index contributed by atoms with van der Waals surface area (Å²) < 4.78 is 5.16. The van der Waals surface area contributed by atoms with E-state index >= 15 is 0 Å². The average molecular weight is 278 g/mol. The van der Waals surface area contributed by atoms with Crippen LogP contribution in [0.15, 0.2) is 60.8 Å². The smallest absolute Gasteiger partial charge is 0.118 e. The number of aromatic nitrogens is 1. The van der Waals surface area contributed by atoms with Gasteiger partial charge in [-0.3, -0.25) is 4.98 Å². The van der Waals surface area contributed by atoms with Crippen LogP contribution in [-0.4, -0.2) is 18.6 Å². The maximum atomic E-state index is 5.16. The van der Waals surface area contributed by atoms with Gasteiger partial charge in [-0.1, -0.05) is 30.3 Å². The molecule has 0 fully saturated rings. The highest BCUT2D eigenvalue weighted by atomic mass is 16.5. The number of benzene rings is 2. The molecule has 0 saturated carbocycles. The minimum Gasteiger partial charge on any atom is -0.497 e. The number of nitrogens with zero attached hydrogens (tertiary/aromatic N) is 1. The predicted octanol–water partition coefficient (Wildman–Crippen LogP) is 3.90. The van der Waals surface area contributed by atoms with Gasteiger partial charge in [0.25, 0.3) is 0 Å². The molecule has 0 amide bonds. The van der Waals surface area contributed by atoms with Gasteiger partial charge in [0.1, 0.15) is 5.75 Å². The van der Waals surface area contributed by atoms with Crippen molar-refractivity contribution < 1.29 is 4.74 Å². The van der Waals surface area contributed by atoms with E-state index in [0.717, 1.165) is 35.3 Å². The van der Waals surface area contributed by atoms with Crippen molar-refractivity contribution in [2.75, 3.05) is 19.0 Å². The molecule has 0 atom stereocenters. The van der Waals surface area contributed by atoms with Crippen molar-refractivity contribution >= 4 is 16.6 Å². The fourth-order valence-corrected chi connectivity index (χ4v) is 2.31. The lowest BCUT2D eigenvalue weighted by Gasteiger charge is -2.08. The zero-order valence-corrected chi connectivity index (χ0v) is 12.0. The van der Waals surface area contributed by atoms with Crippen LogP contribution >= 0.6 is 0 Å². The molecule has 0 aliphatic carbocycles. The summed E-state index contributed by atoms with van der Waals surface area (Å²) in [5.74, 6) is 0.894. The monoisotopic (exact) mass is 278 g/mol. The third kappa shape index (κ3) is 3.31. The van der Waals surface area contributed by atoms with E-state index in [0.29, 0.717) is 0 Å². The lowest BCUT2D eigenvalue weighted by molar-refractivity contribution is 0.414. The molecule has 0 radical (unpaired) electrons. The molecule has 3 aromatic rings. The molecule has 0 spiro atoms. The molecular weight excluding hydrogens is 260 g/mol. The Bertz CT molecular complexity index is 723. The van der Waals surface area contributed by atoms with Gasteiger partial charge in [-0.05, 0) is 36.2 Å². The summed E-state index contributed by atoms with van der Waals surface area (Å²) in [6.07, 6.45) is 2.85. The summed E-state index contributed by atoms with van der Waals surface area (Å²) in [5.41, 5.74) is 3.37. The number of hydrogen-bond donors (Lipinski definition) is 1. The van der Waals surface area contributed by atoms with E-state index in [1.54, 1.807) is 7.11 Å². The van der Waals surface area contributed by atoms with E-state index < -0.39 is 0 Å². The molecule has 0 saturated heterocycles. The van der Waals surface area contributed by atoms with E-state index in [4.69, 9.17) is 4.74 Å². The summed E-state index contributed by atoms with van der Waals surface area (Å²) in [6.45, 7) is 0.881. The Kier molecular flexibility index (Phi) is 4.01. The van der Waals surface area contributed by atoms with Crippen LogP contribution in [0, 0.1) is 0 Å². The molecule has 1 aromatic heterocycles. The van der Waals surface area contributed by atoms with E-state index in [-0.39, 0.29) is 0 Å². The summed E-state index contributed by atoms with van der Waals surface area (Å²) in [7, 11) is 1.68. The molecule has 3 heteroatoms. The Labute approximate surface area is 124 Å². The van der Waals surface area contributed by atoms with Gasteiger partial charge in [-0.15, -0.1) is 0 Å².